The molecular weight excluding hydrogens is 522 g/mol. The number of nitrogens with two attached hydrogens (primary N) is 1. The summed E-state index contributed by atoms with van der Waals surface area (Å²) >= 11 is 0. The number of carboxylic acid groups (broad SMARTS) is 2. The van der Waals surface area contributed by atoms with Crippen molar-refractivity contribution in [2.45, 2.75) is 79.1 Å². The summed E-state index contributed by atoms with van der Waals surface area (Å²) in [7, 11) is 3.82. The Morgan fingerprint density at radius 2 is 1.27 bits per heavy atom. The van der Waals surface area contributed by atoms with Gasteiger partial charge in [-0.1, -0.05) is 65.5 Å². The van der Waals surface area contributed by atoms with Crippen LogP contribution in [-0.2, 0) is 9.59 Å². The Morgan fingerprint density at radius 3 is 1.68 bits per heavy atom. The maximum atomic E-state index is 12.6. The van der Waals surface area contributed by atoms with E-state index in [1.165, 1.54) is 4.90 Å². The quantitative estimate of drug-likeness (QED) is 0.192. The summed E-state index contributed by atoms with van der Waals surface area (Å²) in [5.41, 5.74) is 7.49. The van der Waals surface area contributed by atoms with Gasteiger partial charge in [-0.05, 0) is 63.4 Å². The van der Waals surface area contributed by atoms with Crippen LogP contribution in [0.1, 0.15) is 99.8 Å². The summed E-state index contributed by atoms with van der Waals surface area (Å²) in [5.74, 6) is -1.97. The summed E-state index contributed by atoms with van der Waals surface area (Å²) in [5, 5.41) is 18.8. The molecule has 4 N–H and O–H groups in total. The number of carbonyl (C=O) groups is 4. The van der Waals surface area contributed by atoms with Gasteiger partial charge in [-0.3, -0.25) is 24.1 Å². The summed E-state index contributed by atoms with van der Waals surface area (Å²) < 4.78 is 0. The molecule has 0 aromatic heterocycles. The van der Waals surface area contributed by atoms with Crippen LogP contribution in [0.15, 0.2) is 30.3 Å². The molecule has 0 saturated heterocycles. The molecule has 3 rings (SSSR count). The molecule has 0 bridgehead atoms. The van der Waals surface area contributed by atoms with E-state index < -0.39 is 11.9 Å². The monoisotopic (exact) mass is 571 g/mol. The molecule has 1 aliphatic heterocycles. The van der Waals surface area contributed by atoms with Crippen LogP contribution < -0.4 is 5.73 Å². The van der Waals surface area contributed by atoms with Crippen LogP contribution in [-0.4, -0.2) is 71.0 Å². The second-order valence-corrected chi connectivity index (χ2v) is 10.8. The largest absolute Gasteiger partial charge is 0.481 e. The number of anilines is 1. The van der Waals surface area contributed by atoms with Gasteiger partial charge in [0.1, 0.15) is 0 Å². The fourth-order valence-electron chi connectivity index (χ4n) is 4.86. The molecule has 2 aromatic rings. The summed E-state index contributed by atoms with van der Waals surface area (Å²) in [6.45, 7) is 9.08. The fourth-order valence-corrected chi connectivity index (χ4v) is 4.86. The molecule has 9 nitrogen and oxygen atoms in total. The lowest BCUT2D eigenvalue weighted by atomic mass is 9.93. The molecule has 0 aliphatic carbocycles. The molecule has 0 radical (unpaired) electrons. The maximum absolute atomic E-state index is 12.6. The molecule has 0 spiro atoms. The Hall–Kier alpha value is -3.46. The van der Waals surface area contributed by atoms with Crippen LogP contribution in [0, 0.1) is 11.8 Å². The van der Waals surface area contributed by atoms with E-state index in [9.17, 15) is 19.2 Å². The van der Waals surface area contributed by atoms with E-state index in [-0.39, 0.29) is 23.7 Å². The molecule has 0 atom stereocenters. The van der Waals surface area contributed by atoms with Crippen molar-refractivity contribution in [3.05, 3.63) is 41.5 Å². The average Bonchev–Trinajstić information content (AvgIpc) is 2.91. The number of hydrogen-bond acceptors (Lipinski definition) is 6. The Bertz CT molecular complexity index is 1130. The smallest absolute Gasteiger partial charge is 0.306 e. The number of benzene rings is 2. The zero-order valence-corrected chi connectivity index (χ0v) is 25.6. The molecule has 41 heavy (non-hydrogen) atoms. The van der Waals surface area contributed by atoms with Crippen LogP contribution in [0.25, 0.3) is 10.8 Å². The molecule has 228 valence electrons. The van der Waals surface area contributed by atoms with Crippen molar-refractivity contribution in [3.63, 3.8) is 0 Å². The van der Waals surface area contributed by atoms with Gasteiger partial charge in [-0.15, -0.1) is 0 Å². The highest BCUT2D eigenvalue weighted by molar-refractivity contribution is 6.25. The molecule has 1 heterocycles. The Morgan fingerprint density at radius 1 is 0.805 bits per heavy atom. The fraction of sp³-hybridized carbons (Fsp3) is 0.562. The van der Waals surface area contributed by atoms with E-state index in [2.05, 4.69) is 0 Å². The number of nitrogens with zero attached hydrogens (tertiary/aromatic N) is 2. The van der Waals surface area contributed by atoms with Crippen molar-refractivity contribution < 1.29 is 29.4 Å². The highest BCUT2D eigenvalue weighted by atomic mass is 16.4. The average molecular weight is 572 g/mol. The SMILES string of the molecule is CCCC(CCC)C(=O)O.CCCC(CCC)C(=O)O.CN(C)CCN1C(=O)c2cccc3cc(N)cc(c23)C1=O. The van der Waals surface area contributed by atoms with Gasteiger partial charge in [0.2, 0.25) is 0 Å². The lowest BCUT2D eigenvalue weighted by Gasteiger charge is -2.28. The molecular formula is C32H49N3O6. The van der Waals surface area contributed by atoms with Gasteiger partial charge in [-0.2, -0.15) is 0 Å². The van der Waals surface area contributed by atoms with E-state index in [0.29, 0.717) is 35.3 Å². The lowest BCUT2D eigenvalue weighted by Crippen LogP contribution is -2.43. The maximum Gasteiger partial charge on any atom is 0.306 e. The first-order valence-electron chi connectivity index (χ1n) is 14.7. The molecule has 0 unspecified atom stereocenters. The minimum absolute atomic E-state index is 0.102. The van der Waals surface area contributed by atoms with Crippen LogP contribution in [0.4, 0.5) is 5.69 Å². The van der Waals surface area contributed by atoms with Crippen molar-refractivity contribution in [2.75, 3.05) is 32.9 Å². The molecule has 2 amide bonds. The van der Waals surface area contributed by atoms with Crippen molar-refractivity contribution >= 4 is 40.2 Å². The number of likely N-dealkylation sites (N-methyl/N-ethyl adjacent to an activating group) is 1. The predicted molar refractivity (Wildman–Crippen MR) is 164 cm³/mol. The minimum atomic E-state index is -0.635. The van der Waals surface area contributed by atoms with Crippen LogP contribution >= 0.6 is 0 Å². The van der Waals surface area contributed by atoms with Crippen molar-refractivity contribution in [1.82, 2.24) is 9.80 Å². The molecule has 0 fully saturated rings. The summed E-state index contributed by atoms with van der Waals surface area (Å²) in [6.07, 6.45) is 7.17. The number of carbonyl (C=O) groups excluding carboxylic acids is 2. The number of hydrogen-bond donors (Lipinski definition) is 3. The van der Waals surface area contributed by atoms with Gasteiger partial charge in [-0.25, -0.2) is 0 Å². The van der Waals surface area contributed by atoms with Gasteiger partial charge < -0.3 is 20.8 Å². The first-order valence-corrected chi connectivity index (χ1v) is 14.7. The number of amides is 2. The molecule has 2 aromatic carbocycles. The van der Waals surface area contributed by atoms with Crippen LogP contribution in [0.3, 0.4) is 0 Å². The Kier molecular flexibility index (Phi) is 15.7. The number of aliphatic carboxylic acids is 2. The van der Waals surface area contributed by atoms with E-state index in [4.69, 9.17) is 15.9 Å². The van der Waals surface area contributed by atoms with Crippen molar-refractivity contribution in [1.29, 1.82) is 0 Å². The topological polar surface area (TPSA) is 141 Å². The van der Waals surface area contributed by atoms with E-state index >= 15 is 0 Å². The van der Waals surface area contributed by atoms with Gasteiger partial charge in [0.25, 0.3) is 11.8 Å². The summed E-state index contributed by atoms with van der Waals surface area (Å²) in [6, 6.07) is 8.90. The van der Waals surface area contributed by atoms with Crippen molar-refractivity contribution in [2.24, 2.45) is 11.8 Å². The Labute approximate surface area is 244 Å². The standard InChI is InChI=1S/C16H17N3O2.2C8H16O2/c1-18(2)6-7-19-15(20)12-5-3-4-10-8-11(17)9-13(14(10)12)16(19)21;2*1-3-5-7(6-4-2)8(9)10/h3-5,8-9H,6-7,17H2,1-2H3;2*7H,3-6H2,1-2H3,(H,9,10). The highest BCUT2D eigenvalue weighted by Crippen LogP contribution is 2.31. The molecule has 1 aliphatic rings. The highest BCUT2D eigenvalue weighted by Gasteiger charge is 2.32. The van der Waals surface area contributed by atoms with Crippen molar-refractivity contribution in [3.8, 4) is 0 Å². The summed E-state index contributed by atoms with van der Waals surface area (Å²) in [4.78, 5) is 49.4. The zero-order chi connectivity index (χ0) is 31.1. The number of rotatable bonds is 13. The second kappa shape index (κ2) is 18.1. The Balaban J connectivity index is 0.000000355. The van der Waals surface area contributed by atoms with Gasteiger partial charge in [0.15, 0.2) is 0 Å². The first kappa shape index (κ1) is 35.6. The van der Waals surface area contributed by atoms with Gasteiger partial charge >= 0.3 is 11.9 Å². The van der Waals surface area contributed by atoms with E-state index in [1.54, 1.807) is 18.2 Å². The third kappa shape index (κ3) is 10.8. The molecule has 9 heteroatoms. The van der Waals surface area contributed by atoms with Gasteiger partial charge in [0, 0.05) is 29.7 Å². The minimum Gasteiger partial charge on any atom is -0.481 e. The first-order chi connectivity index (χ1) is 19.4. The predicted octanol–water partition coefficient (Wildman–Crippen LogP) is 6.15. The number of nitrogen functional groups attached to an aromatic ring is 1. The van der Waals surface area contributed by atoms with Crippen LogP contribution in [0.5, 0.6) is 0 Å². The second-order valence-electron chi connectivity index (χ2n) is 10.8. The third-order valence-electron chi connectivity index (χ3n) is 6.97. The zero-order valence-electron chi connectivity index (χ0n) is 25.6. The lowest BCUT2D eigenvalue weighted by molar-refractivity contribution is -0.143. The normalized spacial score (nSPS) is 12.4. The third-order valence-corrected chi connectivity index (χ3v) is 6.97. The van der Waals surface area contributed by atoms with Crippen LogP contribution in [0.2, 0.25) is 0 Å². The number of carboxylic acids is 2. The van der Waals surface area contributed by atoms with E-state index in [0.717, 1.165) is 56.8 Å². The molecule has 0 saturated carbocycles. The number of imide groups is 1. The van der Waals surface area contributed by atoms with Gasteiger partial charge in [0.05, 0.1) is 17.4 Å². The van der Waals surface area contributed by atoms with E-state index in [1.807, 2.05) is 58.8 Å².